The number of fused-ring (bicyclic) bond motifs is 1. The molecule has 7 heteroatoms. The van der Waals surface area contributed by atoms with Gasteiger partial charge in [-0.3, -0.25) is 19.5 Å². The highest BCUT2D eigenvalue weighted by molar-refractivity contribution is 6.00. The molecule has 2 amide bonds. The third-order valence-corrected chi connectivity index (χ3v) is 3.14. The van der Waals surface area contributed by atoms with E-state index in [-0.39, 0.29) is 30.1 Å². The van der Waals surface area contributed by atoms with Crippen LogP contribution in [0.1, 0.15) is 18.9 Å². The van der Waals surface area contributed by atoms with Crippen LogP contribution in [0.3, 0.4) is 0 Å². The molecule has 1 unspecified atom stereocenters. The van der Waals surface area contributed by atoms with Gasteiger partial charge in [-0.1, -0.05) is 6.07 Å². The van der Waals surface area contributed by atoms with E-state index in [0.717, 1.165) is 4.57 Å². The van der Waals surface area contributed by atoms with Gasteiger partial charge in [0.25, 0.3) is 0 Å². The van der Waals surface area contributed by atoms with Crippen LogP contribution < -0.4 is 11.1 Å². The Balaban J connectivity index is 2.18. The van der Waals surface area contributed by atoms with E-state index in [1.807, 2.05) is 0 Å². The molecule has 2 aromatic rings. The lowest BCUT2D eigenvalue weighted by Gasteiger charge is -2.21. The molecular weight excluding hydrogens is 252 g/mol. The smallest absolute Gasteiger partial charge is 0.420 e. The minimum Gasteiger partial charge on any atom is -0.504 e. The average Bonchev–Trinajstić information content (AvgIpc) is 2.68. The van der Waals surface area contributed by atoms with Crippen molar-refractivity contribution in [3.63, 3.8) is 0 Å². The van der Waals surface area contributed by atoms with Crippen LogP contribution in [0.5, 0.6) is 5.75 Å². The van der Waals surface area contributed by atoms with Gasteiger partial charge < -0.3 is 9.52 Å². The molecule has 2 heterocycles. The Kier molecular flexibility index (Phi) is 2.41. The lowest BCUT2D eigenvalue weighted by atomic mass is 10.1. The normalized spacial score (nSPS) is 19.7. The number of carbonyl (C=O) groups is 2. The van der Waals surface area contributed by atoms with E-state index in [0.29, 0.717) is 5.52 Å². The van der Waals surface area contributed by atoms with Gasteiger partial charge in [0.05, 0.1) is 5.52 Å². The van der Waals surface area contributed by atoms with Crippen molar-refractivity contribution < 1.29 is 19.1 Å². The Labute approximate surface area is 106 Å². The van der Waals surface area contributed by atoms with E-state index in [1.165, 1.54) is 6.07 Å². The molecule has 19 heavy (non-hydrogen) atoms. The Hall–Kier alpha value is -2.57. The minimum absolute atomic E-state index is 0.0391. The number of benzene rings is 1. The van der Waals surface area contributed by atoms with Crippen molar-refractivity contribution in [3.05, 3.63) is 28.7 Å². The molecular formula is C12H10N2O5. The van der Waals surface area contributed by atoms with Crippen molar-refractivity contribution >= 4 is 22.9 Å². The number of aromatic hydroxyl groups is 1. The first kappa shape index (κ1) is 11.5. The maximum Gasteiger partial charge on any atom is 0.420 e. The zero-order valence-corrected chi connectivity index (χ0v) is 9.75. The fraction of sp³-hybridized carbons (Fsp3) is 0.250. The Morgan fingerprint density at radius 1 is 1.32 bits per heavy atom. The predicted octanol–water partition coefficient (Wildman–Crippen LogP) is 0.278. The fourth-order valence-electron chi connectivity index (χ4n) is 2.27. The number of phenols is 1. The van der Waals surface area contributed by atoms with Gasteiger partial charge in [0.1, 0.15) is 6.04 Å². The molecule has 0 spiro atoms. The highest BCUT2D eigenvalue weighted by Gasteiger charge is 2.31. The van der Waals surface area contributed by atoms with Gasteiger partial charge in [0.15, 0.2) is 11.3 Å². The molecule has 0 saturated carbocycles. The van der Waals surface area contributed by atoms with Crippen molar-refractivity contribution in [1.29, 1.82) is 0 Å². The summed E-state index contributed by atoms with van der Waals surface area (Å²) in [5, 5.41) is 11.8. The first-order valence-electron chi connectivity index (χ1n) is 5.74. The molecule has 1 aliphatic rings. The number of nitrogens with one attached hydrogen (secondary N) is 1. The quantitative estimate of drug-likeness (QED) is 0.719. The number of oxazole rings is 1. The maximum atomic E-state index is 11.8. The van der Waals surface area contributed by atoms with Crippen molar-refractivity contribution in [1.82, 2.24) is 9.88 Å². The summed E-state index contributed by atoms with van der Waals surface area (Å²) >= 11 is 0. The Morgan fingerprint density at radius 2 is 2.11 bits per heavy atom. The third kappa shape index (κ3) is 1.70. The van der Waals surface area contributed by atoms with E-state index in [1.54, 1.807) is 12.1 Å². The number of hydrogen-bond donors (Lipinski definition) is 2. The van der Waals surface area contributed by atoms with Crippen LogP contribution in [-0.2, 0) is 9.59 Å². The summed E-state index contributed by atoms with van der Waals surface area (Å²) in [4.78, 5) is 34.7. The number of aromatic nitrogens is 1. The molecule has 1 aliphatic heterocycles. The van der Waals surface area contributed by atoms with Gasteiger partial charge in [-0.25, -0.2) is 4.79 Å². The van der Waals surface area contributed by atoms with Crippen molar-refractivity contribution in [2.75, 3.05) is 0 Å². The van der Waals surface area contributed by atoms with Gasteiger partial charge >= 0.3 is 5.76 Å². The monoisotopic (exact) mass is 262 g/mol. The third-order valence-electron chi connectivity index (χ3n) is 3.14. The summed E-state index contributed by atoms with van der Waals surface area (Å²) in [5.41, 5.74) is 0.372. The molecule has 2 N–H and O–H groups in total. The second-order valence-electron chi connectivity index (χ2n) is 4.33. The van der Waals surface area contributed by atoms with Crippen LogP contribution in [0.4, 0.5) is 0 Å². The second-order valence-corrected chi connectivity index (χ2v) is 4.33. The molecule has 0 radical (unpaired) electrons. The predicted molar refractivity (Wildman–Crippen MR) is 63.6 cm³/mol. The summed E-state index contributed by atoms with van der Waals surface area (Å²) in [6.07, 6.45) is 0.392. The van der Waals surface area contributed by atoms with Gasteiger partial charge in [-0.2, -0.15) is 0 Å². The SMILES string of the molecule is O=C1CCC(n2c(=O)oc3c(O)cccc32)C(=O)N1. The number of phenolic OH excluding ortho intramolecular Hbond substituents is 1. The molecule has 1 aromatic heterocycles. The van der Waals surface area contributed by atoms with Gasteiger partial charge in [0, 0.05) is 6.42 Å². The largest absolute Gasteiger partial charge is 0.504 e. The number of para-hydroxylation sites is 1. The molecule has 1 atom stereocenters. The first-order chi connectivity index (χ1) is 9.08. The van der Waals surface area contributed by atoms with Crippen molar-refractivity contribution in [3.8, 4) is 5.75 Å². The zero-order chi connectivity index (χ0) is 13.6. The van der Waals surface area contributed by atoms with Gasteiger partial charge in [0.2, 0.25) is 11.8 Å². The highest BCUT2D eigenvalue weighted by Crippen LogP contribution is 2.27. The lowest BCUT2D eigenvalue weighted by molar-refractivity contribution is -0.135. The molecule has 0 bridgehead atoms. The minimum atomic E-state index is -0.798. The van der Waals surface area contributed by atoms with Crippen LogP contribution in [0.15, 0.2) is 27.4 Å². The molecule has 1 aromatic carbocycles. The maximum absolute atomic E-state index is 11.8. The summed E-state index contributed by atoms with van der Waals surface area (Å²) in [7, 11) is 0. The van der Waals surface area contributed by atoms with Crippen LogP contribution in [0.25, 0.3) is 11.1 Å². The van der Waals surface area contributed by atoms with E-state index in [9.17, 15) is 19.5 Å². The number of carbonyl (C=O) groups excluding carboxylic acids is 2. The van der Waals surface area contributed by atoms with Crippen molar-refractivity contribution in [2.45, 2.75) is 18.9 Å². The molecule has 1 saturated heterocycles. The summed E-state index contributed by atoms with van der Waals surface area (Å²) < 4.78 is 6.11. The zero-order valence-electron chi connectivity index (χ0n) is 9.75. The number of hydrogen-bond acceptors (Lipinski definition) is 5. The summed E-state index contributed by atoms with van der Waals surface area (Å²) in [6, 6.07) is 3.71. The van der Waals surface area contributed by atoms with E-state index in [2.05, 4.69) is 5.32 Å². The van der Waals surface area contributed by atoms with Crippen molar-refractivity contribution in [2.24, 2.45) is 0 Å². The number of rotatable bonds is 1. The van der Waals surface area contributed by atoms with E-state index in [4.69, 9.17) is 4.42 Å². The van der Waals surface area contributed by atoms with Crippen LogP contribution in [0.2, 0.25) is 0 Å². The highest BCUT2D eigenvalue weighted by atomic mass is 16.4. The molecule has 3 rings (SSSR count). The Morgan fingerprint density at radius 3 is 2.84 bits per heavy atom. The average molecular weight is 262 g/mol. The topological polar surface area (TPSA) is 102 Å². The van der Waals surface area contributed by atoms with Gasteiger partial charge in [-0.05, 0) is 18.6 Å². The Bertz CT molecular complexity index is 742. The molecule has 7 nitrogen and oxygen atoms in total. The number of imide groups is 1. The number of piperidine rings is 1. The molecule has 1 fully saturated rings. The number of nitrogens with zero attached hydrogens (tertiary/aromatic N) is 1. The standard InChI is InChI=1S/C12H10N2O5/c15-8-3-1-2-6-10(8)19-12(18)14(6)7-4-5-9(16)13-11(7)17/h1-3,7,15H,4-5H2,(H,13,16,17). The van der Waals surface area contributed by atoms with Crippen LogP contribution in [0, 0.1) is 0 Å². The number of amides is 2. The molecule has 98 valence electrons. The molecule has 0 aliphatic carbocycles. The second kappa shape index (κ2) is 3.98. The first-order valence-corrected chi connectivity index (χ1v) is 5.74. The van der Waals surface area contributed by atoms with Gasteiger partial charge in [-0.15, -0.1) is 0 Å². The van der Waals surface area contributed by atoms with Crippen LogP contribution >= 0.6 is 0 Å². The van der Waals surface area contributed by atoms with E-state index < -0.39 is 17.7 Å². The fourth-order valence-corrected chi connectivity index (χ4v) is 2.27. The summed E-state index contributed by atoms with van der Waals surface area (Å²) in [6.45, 7) is 0. The lowest BCUT2D eigenvalue weighted by Crippen LogP contribution is -2.43. The van der Waals surface area contributed by atoms with Crippen LogP contribution in [-0.4, -0.2) is 21.5 Å². The summed E-state index contributed by atoms with van der Waals surface area (Å²) in [5.74, 6) is -1.79. The van der Waals surface area contributed by atoms with E-state index >= 15 is 0 Å².